The normalized spacial score (nSPS) is 11.4. The van der Waals surface area contributed by atoms with Gasteiger partial charge in [-0.2, -0.15) is 9.97 Å². The van der Waals surface area contributed by atoms with Crippen molar-refractivity contribution < 1.29 is 0 Å². The maximum Gasteiger partial charge on any atom is 0.226 e. The molecule has 0 aliphatic heterocycles. The maximum absolute atomic E-state index is 6.46. The van der Waals surface area contributed by atoms with E-state index in [0.29, 0.717) is 11.6 Å². The van der Waals surface area contributed by atoms with Crippen LogP contribution < -0.4 is 0 Å². The Bertz CT molecular complexity index is 2300. The minimum Gasteiger partial charge on any atom is -0.208 e. The van der Waals surface area contributed by atoms with Gasteiger partial charge in [-0.05, 0) is 72.2 Å². The third-order valence-corrected chi connectivity index (χ3v) is 8.24. The van der Waals surface area contributed by atoms with Crippen molar-refractivity contribution in [3.63, 3.8) is 0 Å². The molecule has 3 nitrogen and oxygen atoms in total. The molecule has 0 aliphatic rings. The maximum atomic E-state index is 6.46. The SMILES string of the molecule is Clc1nc(-c2ccc(-c3cccc4ccccc34)cc2)nc(-c2ccc3c(-c4cccc5ccccc45)cccc3c2)n1. The number of hydrogen-bond acceptors (Lipinski definition) is 3. The van der Waals surface area contributed by atoms with Crippen molar-refractivity contribution in [2.75, 3.05) is 0 Å². The van der Waals surface area contributed by atoms with Crippen LogP contribution in [0, 0.1) is 0 Å². The molecule has 43 heavy (non-hydrogen) atoms. The molecule has 8 aromatic rings. The fraction of sp³-hybridized carbons (Fsp3) is 0. The summed E-state index contributed by atoms with van der Waals surface area (Å²) >= 11 is 6.46. The van der Waals surface area contributed by atoms with E-state index in [1.165, 1.54) is 43.6 Å². The smallest absolute Gasteiger partial charge is 0.208 e. The Kier molecular flexibility index (Phi) is 6.17. The van der Waals surface area contributed by atoms with Crippen molar-refractivity contribution in [3.8, 4) is 45.0 Å². The quantitative estimate of drug-likeness (QED) is 0.211. The number of hydrogen-bond donors (Lipinski definition) is 0. The van der Waals surface area contributed by atoms with Gasteiger partial charge in [0.1, 0.15) is 0 Å². The van der Waals surface area contributed by atoms with Crippen LogP contribution in [0.25, 0.3) is 77.3 Å². The lowest BCUT2D eigenvalue weighted by Gasteiger charge is -2.12. The largest absolute Gasteiger partial charge is 0.226 e. The lowest BCUT2D eigenvalue weighted by molar-refractivity contribution is 1.07. The van der Waals surface area contributed by atoms with Gasteiger partial charge >= 0.3 is 0 Å². The molecule has 1 heterocycles. The Morgan fingerprint density at radius 3 is 1.49 bits per heavy atom. The molecular weight excluding hydrogens is 546 g/mol. The van der Waals surface area contributed by atoms with Gasteiger partial charge in [-0.25, -0.2) is 4.98 Å². The molecule has 0 unspecified atom stereocenters. The predicted octanol–water partition coefficient (Wildman–Crippen LogP) is 10.7. The van der Waals surface area contributed by atoms with Crippen molar-refractivity contribution in [3.05, 3.63) is 151 Å². The standard InChI is InChI=1S/C39H24ClN3/c40-39-42-37(28-20-18-27(19-21-28)32-15-5-10-25-8-1-3-13-31(25)32)41-38(43-39)30-22-23-34-29(24-30)12-7-17-36(34)35-16-6-11-26-9-2-4-14-33(26)35/h1-24H. The van der Waals surface area contributed by atoms with Crippen molar-refractivity contribution in [2.24, 2.45) is 0 Å². The molecule has 0 fully saturated rings. The van der Waals surface area contributed by atoms with E-state index in [4.69, 9.17) is 16.6 Å². The van der Waals surface area contributed by atoms with Crippen molar-refractivity contribution in [1.82, 2.24) is 15.0 Å². The average molecular weight is 570 g/mol. The van der Waals surface area contributed by atoms with Crippen molar-refractivity contribution >= 4 is 43.9 Å². The van der Waals surface area contributed by atoms with Crippen LogP contribution in [0.5, 0.6) is 0 Å². The highest BCUT2D eigenvalue weighted by molar-refractivity contribution is 6.28. The number of halogens is 1. The first-order valence-corrected chi connectivity index (χ1v) is 14.6. The first-order valence-electron chi connectivity index (χ1n) is 14.2. The molecule has 0 bridgehead atoms. The second-order valence-electron chi connectivity index (χ2n) is 10.6. The molecule has 0 saturated carbocycles. The zero-order valence-electron chi connectivity index (χ0n) is 23.1. The Balaban J connectivity index is 1.17. The number of benzene rings is 7. The van der Waals surface area contributed by atoms with Gasteiger partial charge in [-0.1, -0.05) is 140 Å². The second kappa shape index (κ2) is 10.5. The number of rotatable bonds is 4. The summed E-state index contributed by atoms with van der Waals surface area (Å²) in [4.78, 5) is 13.8. The van der Waals surface area contributed by atoms with Gasteiger partial charge in [0.25, 0.3) is 0 Å². The summed E-state index contributed by atoms with van der Waals surface area (Å²) in [5, 5.41) is 7.36. The second-order valence-corrected chi connectivity index (χ2v) is 11.0. The highest BCUT2D eigenvalue weighted by atomic mass is 35.5. The van der Waals surface area contributed by atoms with Crippen LogP contribution in [0.3, 0.4) is 0 Å². The Morgan fingerprint density at radius 1 is 0.349 bits per heavy atom. The molecule has 8 rings (SSSR count). The lowest BCUT2D eigenvalue weighted by atomic mass is 9.93. The molecule has 7 aromatic carbocycles. The summed E-state index contributed by atoms with van der Waals surface area (Å²) in [6.07, 6.45) is 0. The molecule has 4 heteroatoms. The monoisotopic (exact) mass is 569 g/mol. The van der Waals surface area contributed by atoms with E-state index >= 15 is 0 Å². The molecule has 0 spiro atoms. The van der Waals surface area contributed by atoms with Crippen LogP contribution in [-0.4, -0.2) is 15.0 Å². The third-order valence-electron chi connectivity index (χ3n) is 8.07. The summed E-state index contributed by atoms with van der Waals surface area (Å²) in [7, 11) is 0. The highest BCUT2D eigenvalue weighted by Gasteiger charge is 2.13. The van der Waals surface area contributed by atoms with E-state index in [1.54, 1.807) is 0 Å². The van der Waals surface area contributed by atoms with Gasteiger partial charge in [0.05, 0.1) is 0 Å². The van der Waals surface area contributed by atoms with Crippen LogP contribution in [0.1, 0.15) is 0 Å². The van der Waals surface area contributed by atoms with Gasteiger partial charge in [0.15, 0.2) is 11.6 Å². The molecular formula is C39H24ClN3. The third kappa shape index (κ3) is 4.61. The molecule has 0 saturated heterocycles. The van der Waals surface area contributed by atoms with E-state index in [2.05, 4.69) is 143 Å². The average Bonchev–Trinajstić information content (AvgIpc) is 3.07. The first kappa shape index (κ1) is 25.3. The number of fused-ring (bicyclic) bond motifs is 3. The van der Waals surface area contributed by atoms with Crippen LogP contribution in [0.4, 0.5) is 0 Å². The fourth-order valence-corrected chi connectivity index (χ4v) is 6.16. The minimum atomic E-state index is 0.169. The van der Waals surface area contributed by atoms with Gasteiger partial charge in [-0.15, -0.1) is 0 Å². The Labute approximate surface area is 254 Å². The van der Waals surface area contributed by atoms with Crippen LogP contribution in [-0.2, 0) is 0 Å². The summed E-state index contributed by atoms with van der Waals surface area (Å²) in [5.41, 5.74) is 6.51. The fourth-order valence-electron chi connectivity index (χ4n) is 6.00. The van der Waals surface area contributed by atoms with Crippen LogP contribution >= 0.6 is 11.6 Å². The van der Waals surface area contributed by atoms with Crippen LogP contribution in [0.2, 0.25) is 5.28 Å². The van der Waals surface area contributed by atoms with Crippen molar-refractivity contribution in [2.45, 2.75) is 0 Å². The van der Waals surface area contributed by atoms with Gasteiger partial charge in [0.2, 0.25) is 5.28 Å². The first-order chi connectivity index (χ1) is 21.2. The number of aromatic nitrogens is 3. The van der Waals surface area contributed by atoms with E-state index in [9.17, 15) is 0 Å². The number of nitrogens with zero attached hydrogens (tertiary/aromatic N) is 3. The van der Waals surface area contributed by atoms with E-state index in [0.717, 1.165) is 22.1 Å². The van der Waals surface area contributed by atoms with Gasteiger partial charge < -0.3 is 0 Å². The summed E-state index contributed by atoms with van der Waals surface area (Å²) in [6.45, 7) is 0. The molecule has 0 N–H and O–H groups in total. The van der Waals surface area contributed by atoms with E-state index in [1.807, 2.05) is 12.1 Å². The zero-order valence-corrected chi connectivity index (χ0v) is 23.8. The molecule has 0 amide bonds. The molecule has 202 valence electrons. The highest BCUT2D eigenvalue weighted by Crippen LogP contribution is 2.36. The van der Waals surface area contributed by atoms with Gasteiger partial charge in [-0.3, -0.25) is 0 Å². The van der Waals surface area contributed by atoms with Gasteiger partial charge in [0, 0.05) is 11.1 Å². The molecule has 0 aliphatic carbocycles. The van der Waals surface area contributed by atoms with Crippen molar-refractivity contribution in [1.29, 1.82) is 0 Å². The minimum absolute atomic E-state index is 0.169. The van der Waals surface area contributed by atoms with E-state index < -0.39 is 0 Å². The molecule has 0 atom stereocenters. The topological polar surface area (TPSA) is 38.7 Å². The lowest BCUT2D eigenvalue weighted by Crippen LogP contribution is -1.97. The predicted molar refractivity (Wildman–Crippen MR) is 179 cm³/mol. The summed E-state index contributed by atoms with van der Waals surface area (Å²) < 4.78 is 0. The van der Waals surface area contributed by atoms with E-state index in [-0.39, 0.29) is 5.28 Å². The molecule has 0 radical (unpaired) electrons. The Hall–Kier alpha value is -5.38. The molecule has 1 aromatic heterocycles. The summed E-state index contributed by atoms with van der Waals surface area (Å²) in [6, 6.07) is 50.9. The summed E-state index contributed by atoms with van der Waals surface area (Å²) in [5.74, 6) is 1.09. The zero-order chi connectivity index (χ0) is 28.8. The van der Waals surface area contributed by atoms with Crippen LogP contribution in [0.15, 0.2) is 146 Å². The Morgan fingerprint density at radius 2 is 0.814 bits per heavy atom.